The van der Waals surface area contributed by atoms with E-state index in [1.165, 1.54) is 25.3 Å². The minimum absolute atomic E-state index is 0.0213. The van der Waals surface area contributed by atoms with Gasteiger partial charge in [0, 0.05) is 38.2 Å². The van der Waals surface area contributed by atoms with Gasteiger partial charge in [-0.25, -0.2) is 8.42 Å². The molecule has 2 atom stereocenters. The van der Waals surface area contributed by atoms with E-state index in [9.17, 15) is 18.0 Å². The van der Waals surface area contributed by atoms with Crippen molar-refractivity contribution < 1.29 is 17.9 Å². The number of hydrogen-bond acceptors (Lipinski definition) is 5. The first kappa shape index (κ1) is 19.5. The van der Waals surface area contributed by atoms with Crippen LogP contribution in [0.5, 0.6) is 5.75 Å². The van der Waals surface area contributed by atoms with Gasteiger partial charge in [-0.15, -0.1) is 0 Å². The van der Waals surface area contributed by atoms with Crippen molar-refractivity contribution in [3.63, 3.8) is 0 Å². The molecule has 1 aromatic heterocycles. The standard InChI is InChI=1S/C20H23N3O5S/c1-13(24)22-10-14-9-15(12-22)19-8-7-18(20(25)23(19)11-14)21-29(26,27)17-5-3-16(28-2)4-6-17/h3-8,14-15,21H,9-12H2,1-2H3. The first-order chi connectivity index (χ1) is 13.8. The van der Waals surface area contributed by atoms with E-state index in [0.717, 1.165) is 12.1 Å². The molecular formula is C20H23N3O5S. The van der Waals surface area contributed by atoms with Gasteiger partial charge in [0.2, 0.25) is 5.91 Å². The van der Waals surface area contributed by atoms with Crippen molar-refractivity contribution in [3.05, 3.63) is 52.4 Å². The number of rotatable bonds is 4. The number of fused-ring (bicyclic) bond motifs is 4. The highest BCUT2D eigenvalue weighted by molar-refractivity contribution is 7.92. The summed E-state index contributed by atoms with van der Waals surface area (Å²) in [6.45, 7) is 3.25. The van der Waals surface area contributed by atoms with Crippen LogP contribution < -0.4 is 15.0 Å². The molecule has 1 saturated heterocycles. The van der Waals surface area contributed by atoms with Gasteiger partial charge in [0.25, 0.3) is 15.6 Å². The molecule has 9 heteroatoms. The van der Waals surface area contributed by atoms with Crippen LogP contribution in [0.4, 0.5) is 5.69 Å². The highest BCUT2D eigenvalue weighted by Gasteiger charge is 2.36. The minimum Gasteiger partial charge on any atom is -0.497 e. The first-order valence-corrected chi connectivity index (χ1v) is 10.9. The Kier molecular flexibility index (Phi) is 4.85. The van der Waals surface area contributed by atoms with Gasteiger partial charge < -0.3 is 14.2 Å². The van der Waals surface area contributed by atoms with E-state index in [2.05, 4.69) is 4.72 Å². The third-order valence-corrected chi connectivity index (χ3v) is 7.05. The molecule has 29 heavy (non-hydrogen) atoms. The fourth-order valence-corrected chi connectivity index (χ4v) is 5.30. The van der Waals surface area contributed by atoms with Crippen LogP contribution in [0, 0.1) is 5.92 Å². The quantitative estimate of drug-likeness (QED) is 0.815. The molecule has 1 amide bonds. The molecule has 2 aliphatic heterocycles. The highest BCUT2D eigenvalue weighted by atomic mass is 32.2. The molecule has 2 aliphatic rings. The number of carbonyl (C=O) groups is 1. The minimum atomic E-state index is -3.90. The Labute approximate surface area is 169 Å². The van der Waals surface area contributed by atoms with Crippen molar-refractivity contribution in [1.29, 1.82) is 0 Å². The zero-order chi connectivity index (χ0) is 20.8. The van der Waals surface area contributed by atoms with Gasteiger partial charge in [-0.2, -0.15) is 0 Å². The Hall–Kier alpha value is -2.81. The number of pyridine rings is 1. The lowest BCUT2D eigenvalue weighted by Crippen LogP contribution is -2.48. The second-order valence-electron chi connectivity index (χ2n) is 7.59. The number of piperidine rings is 1. The van der Waals surface area contributed by atoms with E-state index in [1.807, 2.05) is 4.90 Å². The van der Waals surface area contributed by atoms with Gasteiger partial charge in [-0.3, -0.25) is 14.3 Å². The summed E-state index contributed by atoms with van der Waals surface area (Å²) in [5.74, 6) is 0.867. The van der Waals surface area contributed by atoms with Crippen molar-refractivity contribution in [2.75, 3.05) is 24.9 Å². The van der Waals surface area contributed by atoms with Crippen LogP contribution >= 0.6 is 0 Å². The fourth-order valence-electron chi connectivity index (χ4n) is 4.24. The Morgan fingerprint density at radius 3 is 2.48 bits per heavy atom. The number of aromatic nitrogens is 1. The molecule has 8 nitrogen and oxygen atoms in total. The van der Waals surface area contributed by atoms with Crippen LogP contribution in [0.2, 0.25) is 0 Å². The lowest BCUT2D eigenvalue weighted by molar-refractivity contribution is -0.131. The summed E-state index contributed by atoms with van der Waals surface area (Å²) in [6.07, 6.45) is 0.931. The lowest BCUT2D eigenvalue weighted by Gasteiger charge is -2.42. The number of nitrogens with one attached hydrogen (secondary N) is 1. The number of benzene rings is 1. The Balaban J connectivity index is 1.63. The van der Waals surface area contributed by atoms with Gasteiger partial charge in [0.1, 0.15) is 11.4 Å². The zero-order valence-electron chi connectivity index (χ0n) is 16.3. The number of amides is 1. The summed E-state index contributed by atoms with van der Waals surface area (Å²) in [5.41, 5.74) is 0.517. The van der Waals surface area contributed by atoms with Crippen molar-refractivity contribution in [2.24, 2.45) is 5.92 Å². The summed E-state index contributed by atoms with van der Waals surface area (Å²) in [6, 6.07) is 9.27. The molecule has 3 heterocycles. The molecule has 2 aromatic rings. The first-order valence-electron chi connectivity index (χ1n) is 9.44. The maximum atomic E-state index is 13.0. The topological polar surface area (TPSA) is 97.7 Å². The molecule has 0 saturated carbocycles. The molecule has 0 aliphatic carbocycles. The second-order valence-corrected chi connectivity index (χ2v) is 9.27. The highest BCUT2D eigenvalue weighted by Crippen LogP contribution is 2.35. The van der Waals surface area contributed by atoms with E-state index < -0.39 is 10.0 Å². The van der Waals surface area contributed by atoms with E-state index in [1.54, 1.807) is 29.7 Å². The largest absolute Gasteiger partial charge is 0.497 e. The number of hydrogen-bond donors (Lipinski definition) is 1. The zero-order valence-corrected chi connectivity index (χ0v) is 17.1. The van der Waals surface area contributed by atoms with Crippen molar-refractivity contribution in [3.8, 4) is 5.75 Å². The van der Waals surface area contributed by atoms with Crippen molar-refractivity contribution >= 4 is 21.6 Å². The Bertz CT molecular complexity index is 1110. The normalized spacial score (nSPS) is 20.7. The number of anilines is 1. The molecular weight excluding hydrogens is 394 g/mol. The molecule has 4 rings (SSSR count). The monoisotopic (exact) mass is 417 g/mol. The SMILES string of the molecule is COc1ccc(S(=O)(=O)Nc2ccc3n(c2=O)CC2CC3CN(C(C)=O)C2)cc1. The Morgan fingerprint density at radius 1 is 1.10 bits per heavy atom. The smallest absolute Gasteiger partial charge is 0.275 e. The van der Waals surface area contributed by atoms with Crippen LogP contribution in [-0.4, -0.2) is 44.0 Å². The van der Waals surface area contributed by atoms with Crippen molar-refractivity contribution in [2.45, 2.75) is 30.7 Å². The number of methoxy groups -OCH3 is 1. The summed E-state index contributed by atoms with van der Waals surface area (Å²) < 4.78 is 34.5. The van der Waals surface area contributed by atoms with E-state index in [4.69, 9.17) is 4.74 Å². The van der Waals surface area contributed by atoms with Crippen molar-refractivity contribution in [1.82, 2.24) is 9.47 Å². The second kappa shape index (κ2) is 7.22. The molecule has 1 fully saturated rings. The average molecular weight is 417 g/mol. The molecule has 2 unspecified atom stereocenters. The van der Waals surface area contributed by atoms with E-state index in [0.29, 0.717) is 25.4 Å². The van der Waals surface area contributed by atoms with Gasteiger partial charge >= 0.3 is 0 Å². The summed E-state index contributed by atoms with van der Waals surface area (Å²) >= 11 is 0. The predicted molar refractivity (Wildman–Crippen MR) is 108 cm³/mol. The van der Waals surface area contributed by atoms with Gasteiger partial charge in [-0.05, 0) is 48.7 Å². The van der Waals surface area contributed by atoms with Crippen LogP contribution in [0.15, 0.2) is 46.1 Å². The third-order valence-electron chi connectivity index (χ3n) is 5.66. The number of sulfonamides is 1. The van der Waals surface area contributed by atoms with Crippen LogP contribution in [-0.2, 0) is 21.4 Å². The molecule has 1 aromatic carbocycles. The van der Waals surface area contributed by atoms with Crippen LogP contribution in [0.1, 0.15) is 25.0 Å². The maximum absolute atomic E-state index is 13.0. The van der Waals surface area contributed by atoms with Crippen LogP contribution in [0.25, 0.3) is 0 Å². The lowest BCUT2D eigenvalue weighted by atomic mass is 9.83. The molecule has 154 valence electrons. The van der Waals surface area contributed by atoms with Gasteiger partial charge in [-0.1, -0.05) is 0 Å². The van der Waals surface area contributed by atoms with Gasteiger partial charge in [0.05, 0.1) is 12.0 Å². The molecule has 0 radical (unpaired) electrons. The summed E-state index contributed by atoms with van der Waals surface area (Å²) in [5, 5.41) is 0. The molecule has 0 spiro atoms. The van der Waals surface area contributed by atoms with Crippen LogP contribution in [0.3, 0.4) is 0 Å². The number of likely N-dealkylation sites (tertiary alicyclic amines) is 1. The molecule has 1 N–H and O–H groups in total. The predicted octanol–water partition coefficient (Wildman–Crippen LogP) is 1.62. The number of ether oxygens (including phenoxy) is 1. The summed E-state index contributed by atoms with van der Waals surface area (Å²) in [4.78, 5) is 26.6. The summed E-state index contributed by atoms with van der Waals surface area (Å²) in [7, 11) is -2.40. The van der Waals surface area contributed by atoms with Gasteiger partial charge in [0.15, 0.2) is 0 Å². The van der Waals surface area contributed by atoms with E-state index in [-0.39, 0.29) is 33.9 Å². The third kappa shape index (κ3) is 3.62. The number of carbonyl (C=O) groups excluding carboxylic acids is 1. The average Bonchev–Trinajstić information content (AvgIpc) is 2.70. The van der Waals surface area contributed by atoms with E-state index >= 15 is 0 Å². The maximum Gasteiger partial charge on any atom is 0.275 e. The number of nitrogens with zero attached hydrogens (tertiary/aromatic N) is 2. The Morgan fingerprint density at radius 2 is 1.83 bits per heavy atom. The fraction of sp³-hybridized carbons (Fsp3) is 0.400. The molecule has 2 bridgehead atoms.